The Balaban J connectivity index is 0.000000720. The standard InChI is InChI=1S/C8H7ClN2.ClH/c9-4-6-5-11-8-7(6)2-1-3-10-8;/h1-3,5H,4H2,(H,10,11);1H. The molecule has 4 heteroatoms. The van der Waals surface area contributed by atoms with Crippen LogP contribution >= 0.6 is 24.0 Å². The Bertz CT molecular complexity index is 370. The van der Waals surface area contributed by atoms with Crippen LogP contribution in [0, 0.1) is 0 Å². The summed E-state index contributed by atoms with van der Waals surface area (Å²) in [6.45, 7) is 0. The van der Waals surface area contributed by atoms with E-state index in [4.69, 9.17) is 11.6 Å². The maximum absolute atomic E-state index is 5.70. The van der Waals surface area contributed by atoms with Crippen molar-refractivity contribution in [2.75, 3.05) is 0 Å². The molecule has 0 saturated heterocycles. The van der Waals surface area contributed by atoms with Crippen molar-refractivity contribution in [3.8, 4) is 0 Å². The third-order valence-electron chi connectivity index (χ3n) is 1.68. The first kappa shape index (κ1) is 9.36. The fourth-order valence-corrected chi connectivity index (χ4v) is 1.34. The highest BCUT2D eigenvalue weighted by Crippen LogP contribution is 2.16. The molecule has 0 radical (unpaired) electrons. The Hall–Kier alpha value is -0.730. The van der Waals surface area contributed by atoms with Crippen LogP contribution in [0.25, 0.3) is 11.0 Å². The molecule has 0 spiro atoms. The van der Waals surface area contributed by atoms with Crippen LogP contribution < -0.4 is 0 Å². The highest BCUT2D eigenvalue weighted by atomic mass is 35.5. The molecule has 2 aromatic rings. The SMILES string of the molecule is Cl.ClCc1c[nH]c2ncccc12. The van der Waals surface area contributed by atoms with Gasteiger partial charge in [0, 0.05) is 23.7 Å². The average molecular weight is 203 g/mol. The monoisotopic (exact) mass is 202 g/mol. The minimum Gasteiger partial charge on any atom is -0.346 e. The van der Waals surface area contributed by atoms with Crippen LogP contribution in [0.4, 0.5) is 0 Å². The Kier molecular flexibility index (Phi) is 2.95. The van der Waals surface area contributed by atoms with Crippen LogP contribution in [0.3, 0.4) is 0 Å². The molecule has 0 aromatic carbocycles. The molecular weight excluding hydrogens is 195 g/mol. The molecule has 64 valence electrons. The van der Waals surface area contributed by atoms with Gasteiger partial charge >= 0.3 is 0 Å². The summed E-state index contributed by atoms with van der Waals surface area (Å²) in [4.78, 5) is 7.18. The predicted octanol–water partition coefficient (Wildman–Crippen LogP) is 2.72. The van der Waals surface area contributed by atoms with Crippen molar-refractivity contribution in [2.24, 2.45) is 0 Å². The van der Waals surface area contributed by atoms with Crippen molar-refractivity contribution in [3.63, 3.8) is 0 Å². The van der Waals surface area contributed by atoms with Crippen LogP contribution in [-0.2, 0) is 5.88 Å². The van der Waals surface area contributed by atoms with Gasteiger partial charge in [-0.3, -0.25) is 0 Å². The zero-order chi connectivity index (χ0) is 7.68. The van der Waals surface area contributed by atoms with Crippen LogP contribution in [0.1, 0.15) is 5.56 Å². The van der Waals surface area contributed by atoms with E-state index in [2.05, 4.69) is 9.97 Å². The van der Waals surface area contributed by atoms with E-state index >= 15 is 0 Å². The summed E-state index contributed by atoms with van der Waals surface area (Å²) in [5.41, 5.74) is 2.01. The number of H-pyrrole nitrogens is 1. The first-order valence-corrected chi connectivity index (χ1v) is 3.92. The molecule has 0 fully saturated rings. The number of aromatic amines is 1. The number of alkyl halides is 1. The molecule has 2 rings (SSSR count). The van der Waals surface area contributed by atoms with Gasteiger partial charge < -0.3 is 4.98 Å². The van der Waals surface area contributed by atoms with Gasteiger partial charge in [0.25, 0.3) is 0 Å². The number of pyridine rings is 1. The third-order valence-corrected chi connectivity index (χ3v) is 1.97. The number of nitrogens with zero attached hydrogens (tertiary/aromatic N) is 1. The van der Waals surface area contributed by atoms with E-state index < -0.39 is 0 Å². The van der Waals surface area contributed by atoms with Crippen molar-refractivity contribution in [2.45, 2.75) is 5.88 Å². The lowest BCUT2D eigenvalue weighted by Gasteiger charge is -1.88. The maximum Gasteiger partial charge on any atom is 0.137 e. The highest BCUT2D eigenvalue weighted by Gasteiger charge is 2.00. The van der Waals surface area contributed by atoms with Crippen molar-refractivity contribution in [1.29, 1.82) is 0 Å². The summed E-state index contributed by atoms with van der Waals surface area (Å²) in [6.07, 6.45) is 3.65. The van der Waals surface area contributed by atoms with Gasteiger partial charge in [0.1, 0.15) is 5.65 Å². The van der Waals surface area contributed by atoms with E-state index in [0.29, 0.717) is 5.88 Å². The summed E-state index contributed by atoms with van der Waals surface area (Å²) < 4.78 is 0. The Morgan fingerprint density at radius 2 is 2.33 bits per heavy atom. The summed E-state index contributed by atoms with van der Waals surface area (Å²) in [5, 5.41) is 1.11. The van der Waals surface area contributed by atoms with Gasteiger partial charge in [-0.25, -0.2) is 4.98 Å². The summed E-state index contributed by atoms with van der Waals surface area (Å²) in [5.74, 6) is 0.533. The zero-order valence-electron chi connectivity index (χ0n) is 6.25. The molecule has 1 N–H and O–H groups in total. The van der Waals surface area contributed by atoms with Crippen molar-refractivity contribution >= 4 is 35.0 Å². The van der Waals surface area contributed by atoms with Gasteiger partial charge in [0.05, 0.1) is 0 Å². The zero-order valence-corrected chi connectivity index (χ0v) is 7.82. The lowest BCUT2D eigenvalue weighted by molar-refractivity contribution is 1.32. The maximum atomic E-state index is 5.70. The smallest absolute Gasteiger partial charge is 0.137 e. The molecule has 0 amide bonds. The lowest BCUT2D eigenvalue weighted by Crippen LogP contribution is -1.74. The van der Waals surface area contributed by atoms with E-state index in [1.54, 1.807) is 6.20 Å². The molecule has 0 aliphatic heterocycles. The van der Waals surface area contributed by atoms with Gasteiger partial charge in [0.15, 0.2) is 0 Å². The number of hydrogen-bond acceptors (Lipinski definition) is 1. The minimum atomic E-state index is 0. The third kappa shape index (κ3) is 1.40. The van der Waals surface area contributed by atoms with Gasteiger partial charge in [-0.2, -0.15) is 0 Å². The molecule has 0 unspecified atom stereocenters. The topological polar surface area (TPSA) is 28.7 Å². The molecule has 2 heterocycles. The number of fused-ring (bicyclic) bond motifs is 1. The number of aromatic nitrogens is 2. The van der Waals surface area contributed by atoms with Gasteiger partial charge in [0.2, 0.25) is 0 Å². The average Bonchev–Trinajstić information content (AvgIpc) is 2.47. The van der Waals surface area contributed by atoms with Crippen LogP contribution in [-0.4, -0.2) is 9.97 Å². The molecule has 0 saturated carbocycles. The van der Waals surface area contributed by atoms with Crippen LogP contribution in [0.5, 0.6) is 0 Å². The second-order valence-electron chi connectivity index (χ2n) is 2.35. The number of rotatable bonds is 1. The molecule has 2 nitrogen and oxygen atoms in total. The summed E-state index contributed by atoms with van der Waals surface area (Å²) >= 11 is 5.70. The molecule has 0 aliphatic carbocycles. The van der Waals surface area contributed by atoms with Gasteiger partial charge in [-0.1, -0.05) is 0 Å². The van der Waals surface area contributed by atoms with Gasteiger partial charge in [-0.05, 0) is 17.7 Å². The molecule has 0 aliphatic rings. The van der Waals surface area contributed by atoms with Gasteiger partial charge in [-0.15, -0.1) is 24.0 Å². The highest BCUT2D eigenvalue weighted by molar-refractivity contribution is 6.17. The molecule has 12 heavy (non-hydrogen) atoms. The number of halogens is 2. The second kappa shape index (κ2) is 3.78. The van der Waals surface area contributed by atoms with Crippen molar-refractivity contribution in [3.05, 3.63) is 30.1 Å². The normalized spacial score (nSPS) is 9.75. The van der Waals surface area contributed by atoms with E-state index in [0.717, 1.165) is 16.6 Å². The summed E-state index contributed by atoms with van der Waals surface area (Å²) in [7, 11) is 0. The largest absolute Gasteiger partial charge is 0.346 e. The Morgan fingerprint density at radius 3 is 3.08 bits per heavy atom. The fourth-order valence-electron chi connectivity index (χ4n) is 1.12. The Morgan fingerprint density at radius 1 is 1.50 bits per heavy atom. The van der Waals surface area contributed by atoms with Crippen LogP contribution in [0.15, 0.2) is 24.5 Å². The van der Waals surface area contributed by atoms with E-state index in [1.165, 1.54) is 0 Å². The molecule has 0 bridgehead atoms. The van der Waals surface area contributed by atoms with E-state index in [9.17, 15) is 0 Å². The predicted molar refractivity (Wildman–Crippen MR) is 52.9 cm³/mol. The Labute approximate surface area is 81.4 Å². The second-order valence-corrected chi connectivity index (χ2v) is 2.61. The molecule has 0 atom stereocenters. The van der Waals surface area contributed by atoms with E-state index in [-0.39, 0.29) is 12.4 Å². The first-order valence-electron chi connectivity index (χ1n) is 3.39. The molecular formula is C8H8Cl2N2. The summed E-state index contributed by atoms with van der Waals surface area (Å²) in [6, 6.07) is 3.92. The minimum absolute atomic E-state index is 0. The first-order chi connectivity index (χ1) is 5.42. The lowest BCUT2D eigenvalue weighted by atomic mass is 10.2. The quantitative estimate of drug-likeness (QED) is 0.709. The fraction of sp³-hybridized carbons (Fsp3) is 0.125. The van der Waals surface area contributed by atoms with Crippen molar-refractivity contribution < 1.29 is 0 Å². The van der Waals surface area contributed by atoms with E-state index in [1.807, 2.05) is 18.3 Å². The molecule has 2 aromatic heterocycles. The number of nitrogens with one attached hydrogen (secondary N) is 1. The number of hydrogen-bond donors (Lipinski definition) is 1. The van der Waals surface area contributed by atoms with Crippen molar-refractivity contribution in [1.82, 2.24) is 9.97 Å². The van der Waals surface area contributed by atoms with Crippen LogP contribution in [0.2, 0.25) is 0 Å².